The number of likely N-dealkylation sites (tertiary alicyclic amines) is 1. The molecule has 35 heavy (non-hydrogen) atoms. The summed E-state index contributed by atoms with van der Waals surface area (Å²) in [5, 5.41) is 38.8. The van der Waals surface area contributed by atoms with E-state index in [1.165, 1.54) is 4.90 Å². The lowest BCUT2D eigenvalue weighted by Crippen LogP contribution is -2.50. The molecule has 1 aromatic rings. The number of halogens is 2. The molecule has 11 heteroatoms. The maximum absolute atomic E-state index is 13.6. The van der Waals surface area contributed by atoms with Crippen molar-refractivity contribution in [3.05, 3.63) is 35.9 Å². The van der Waals surface area contributed by atoms with E-state index < -0.39 is 55.0 Å². The van der Waals surface area contributed by atoms with Gasteiger partial charge in [0.15, 0.2) is 6.10 Å². The zero-order chi connectivity index (χ0) is 25.8. The minimum absolute atomic E-state index is 0.162. The van der Waals surface area contributed by atoms with Crippen LogP contribution in [0.3, 0.4) is 0 Å². The van der Waals surface area contributed by atoms with E-state index in [2.05, 4.69) is 5.32 Å². The number of carbonyl (C=O) groups is 3. The molecule has 2 heterocycles. The van der Waals surface area contributed by atoms with Gasteiger partial charge in [0.05, 0.1) is 6.54 Å². The number of alkyl halides is 2. The third kappa shape index (κ3) is 7.18. The highest BCUT2D eigenvalue weighted by Gasteiger charge is 2.49. The van der Waals surface area contributed by atoms with E-state index in [9.17, 15) is 28.3 Å². The topological polar surface area (TPSA) is 147 Å². The molecule has 2 aliphatic heterocycles. The first-order valence-electron chi connectivity index (χ1n) is 11.7. The number of hydrogen-bond acceptors (Lipinski definition) is 6. The highest BCUT2D eigenvalue weighted by atomic mass is 19.3. The highest BCUT2D eigenvalue weighted by molar-refractivity contribution is 5.74. The van der Waals surface area contributed by atoms with Crippen LogP contribution in [0.25, 0.3) is 0 Å². The van der Waals surface area contributed by atoms with E-state index in [4.69, 9.17) is 15.3 Å². The summed E-state index contributed by atoms with van der Waals surface area (Å²) in [7, 11) is 0. The van der Waals surface area contributed by atoms with E-state index in [0.29, 0.717) is 31.0 Å². The molecule has 4 rings (SSSR count). The number of aliphatic hydroxyl groups is 1. The Morgan fingerprint density at radius 2 is 1.71 bits per heavy atom. The van der Waals surface area contributed by atoms with Crippen LogP contribution in [-0.2, 0) is 14.4 Å². The number of carboxylic acids is 3. The number of hydrogen-bond donors (Lipinski definition) is 5. The van der Waals surface area contributed by atoms with E-state index >= 15 is 0 Å². The van der Waals surface area contributed by atoms with Crippen molar-refractivity contribution >= 4 is 17.9 Å². The summed E-state index contributed by atoms with van der Waals surface area (Å²) in [6, 6.07) is 6.61. The number of nitrogens with one attached hydrogen (secondary N) is 1. The van der Waals surface area contributed by atoms with Crippen molar-refractivity contribution in [1.29, 1.82) is 0 Å². The van der Waals surface area contributed by atoms with Gasteiger partial charge in [-0.1, -0.05) is 30.3 Å². The number of piperidine rings is 1. The zero-order valence-electron chi connectivity index (χ0n) is 19.2. The van der Waals surface area contributed by atoms with Crippen molar-refractivity contribution < 1.29 is 43.6 Å². The lowest BCUT2D eigenvalue weighted by Gasteiger charge is -2.42. The molecule has 0 unspecified atom stereocenters. The summed E-state index contributed by atoms with van der Waals surface area (Å²) in [5.74, 6) is -5.33. The molecule has 0 aromatic heterocycles. The Kier molecular flexibility index (Phi) is 8.79. The SMILES string of the molecule is O=C(O)[C@@H]1C[C@H]2C[C@@H](CN3CC(F)(F)C[C@H]3C(=O)O)CC[C@H]2CN1.O=C(O)[C@H](O)c1ccccc1. The predicted molar refractivity (Wildman–Crippen MR) is 120 cm³/mol. The van der Waals surface area contributed by atoms with Crippen molar-refractivity contribution in [3.63, 3.8) is 0 Å². The van der Waals surface area contributed by atoms with Crippen LogP contribution in [0, 0.1) is 17.8 Å². The molecule has 3 aliphatic rings. The van der Waals surface area contributed by atoms with Gasteiger partial charge in [-0.2, -0.15) is 0 Å². The molecular weight excluding hydrogens is 466 g/mol. The molecule has 0 spiro atoms. The molecule has 6 atom stereocenters. The molecule has 1 saturated carbocycles. The van der Waals surface area contributed by atoms with Gasteiger partial charge in [0.2, 0.25) is 0 Å². The summed E-state index contributed by atoms with van der Waals surface area (Å²) in [4.78, 5) is 34.1. The molecule has 194 valence electrons. The van der Waals surface area contributed by atoms with E-state index in [0.717, 1.165) is 19.3 Å². The Morgan fingerprint density at radius 1 is 1.03 bits per heavy atom. The first kappa shape index (κ1) is 27.0. The van der Waals surface area contributed by atoms with Gasteiger partial charge in [-0.15, -0.1) is 0 Å². The molecule has 0 bridgehead atoms. The third-order valence-electron chi connectivity index (χ3n) is 7.21. The third-order valence-corrected chi connectivity index (χ3v) is 7.21. The maximum atomic E-state index is 13.6. The smallest absolute Gasteiger partial charge is 0.337 e. The number of aliphatic carboxylic acids is 3. The van der Waals surface area contributed by atoms with Crippen molar-refractivity contribution in [2.24, 2.45) is 17.8 Å². The number of rotatable bonds is 6. The van der Waals surface area contributed by atoms with Crippen LogP contribution in [0.15, 0.2) is 30.3 Å². The van der Waals surface area contributed by atoms with Crippen molar-refractivity contribution in [2.45, 2.75) is 56.2 Å². The molecule has 5 N–H and O–H groups in total. The zero-order valence-corrected chi connectivity index (χ0v) is 19.2. The van der Waals surface area contributed by atoms with Crippen LogP contribution in [0.5, 0.6) is 0 Å². The normalized spacial score (nSPS) is 30.9. The van der Waals surface area contributed by atoms with Crippen molar-refractivity contribution in [2.75, 3.05) is 19.6 Å². The van der Waals surface area contributed by atoms with Crippen LogP contribution in [0.2, 0.25) is 0 Å². The number of nitrogens with zero attached hydrogens (tertiary/aromatic N) is 1. The second kappa shape index (κ2) is 11.4. The minimum Gasteiger partial charge on any atom is -0.480 e. The maximum Gasteiger partial charge on any atom is 0.337 e. The molecule has 9 nitrogen and oxygen atoms in total. The molecule has 1 aliphatic carbocycles. The monoisotopic (exact) mass is 498 g/mol. The van der Waals surface area contributed by atoms with Gasteiger partial charge in [-0.25, -0.2) is 13.6 Å². The second-order valence-corrected chi connectivity index (χ2v) is 9.73. The van der Waals surface area contributed by atoms with E-state index in [1.54, 1.807) is 30.3 Å². The Balaban J connectivity index is 0.000000261. The van der Waals surface area contributed by atoms with Crippen LogP contribution in [0.1, 0.15) is 43.8 Å². The molecule has 2 saturated heterocycles. The lowest BCUT2D eigenvalue weighted by molar-refractivity contribution is -0.147. The van der Waals surface area contributed by atoms with Gasteiger partial charge >= 0.3 is 17.9 Å². The molecule has 0 radical (unpaired) electrons. The number of aliphatic hydroxyl groups excluding tert-OH is 1. The summed E-state index contributed by atoms with van der Waals surface area (Å²) < 4.78 is 27.2. The second-order valence-electron chi connectivity index (χ2n) is 9.73. The number of fused-ring (bicyclic) bond motifs is 1. The summed E-state index contributed by atoms with van der Waals surface area (Å²) in [5.41, 5.74) is 0.403. The first-order chi connectivity index (χ1) is 16.5. The largest absolute Gasteiger partial charge is 0.480 e. The number of benzene rings is 1. The van der Waals surface area contributed by atoms with Gasteiger partial charge in [0.1, 0.15) is 12.1 Å². The summed E-state index contributed by atoms with van der Waals surface area (Å²) in [6.45, 7) is 0.558. The first-order valence-corrected chi connectivity index (χ1v) is 11.7. The quantitative estimate of drug-likeness (QED) is 0.398. The van der Waals surface area contributed by atoms with Gasteiger partial charge in [0, 0.05) is 13.0 Å². The van der Waals surface area contributed by atoms with Gasteiger partial charge < -0.3 is 25.7 Å². The summed E-state index contributed by atoms with van der Waals surface area (Å²) in [6.07, 6.45) is 1.16. The fraction of sp³-hybridized carbons (Fsp3) is 0.625. The summed E-state index contributed by atoms with van der Waals surface area (Å²) >= 11 is 0. The van der Waals surface area contributed by atoms with Crippen LogP contribution in [0.4, 0.5) is 8.78 Å². The Morgan fingerprint density at radius 3 is 2.31 bits per heavy atom. The Bertz CT molecular complexity index is 901. The van der Waals surface area contributed by atoms with Gasteiger partial charge in [-0.05, 0) is 55.5 Å². The van der Waals surface area contributed by atoms with Crippen molar-refractivity contribution in [1.82, 2.24) is 10.2 Å². The van der Waals surface area contributed by atoms with Crippen LogP contribution < -0.4 is 5.32 Å². The van der Waals surface area contributed by atoms with E-state index in [1.807, 2.05) is 0 Å². The molecule has 3 fully saturated rings. The van der Waals surface area contributed by atoms with Crippen LogP contribution in [-0.4, -0.2) is 80.9 Å². The molecule has 1 aromatic carbocycles. The fourth-order valence-corrected chi connectivity index (χ4v) is 5.44. The van der Waals surface area contributed by atoms with Crippen molar-refractivity contribution in [3.8, 4) is 0 Å². The average Bonchev–Trinajstić information content (AvgIpc) is 3.13. The Labute approximate surface area is 201 Å². The molecule has 0 amide bonds. The Hall–Kier alpha value is -2.63. The van der Waals surface area contributed by atoms with Gasteiger partial charge in [0.25, 0.3) is 5.92 Å². The minimum atomic E-state index is -2.94. The predicted octanol–water partition coefficient (Wildman–Crippen LogP) is 2.06. The van der Waals surface area contributed by atoms with Crippen LogP contribution >= 0.6 is 0 Å². The van der Waals surface area contributed by atoms with E-state index in [-0.39, 0.29) is 11.8 Å². The molecular formula is C24H32F2N2O7. The highest BCUT2D eigenvalue weighted by Crippen LogP contribution is 2.40. The average molecular weight is 499 g/mol. The standard InChI is InChI=1S/C16H24F2N2O4.C8H8O3/c17-16(18)5-13(15(23)24)20(8-16)7-9-1-2-10-6-19-12(14(21)22)4-11(10)3-9;9-7(8(10)11)6-4-2-1-3-5-6/h9-13,19H,1-8H2,(H,21,22)(H,23,24);1-5,7,9H,(H,10,11)/t9-,10-,11+,12-,13-;7-/m01/s1. The fourth-order valence-electron chi connectivity index (χ4n) is 5.44. The van der Waals surface area contributed by atoms with Gasteiger partial charge in [-0.3, -0.25) is 14.5 Å². The number of carboxylic acid groups (broad SMARTS) is 3. The lowest BCUT2D eigenvalue weighted by atomic mass is 9.69.